The number of hydrogen-bond donors (Lipinski definition) is 0. The van der Waals surface area contributed by atoms with Gasteiger partial charge in [-0.25, -0.2) is 0 Å². The van der Waals surface area contributed by atoms with E-state index in [0.717, 1.165) is 12.2 Å². The Morgan fingerprint density at radius 2 is 2.20 bits per heavy atom. The summed E-state index contributed by atoms with van der Waals surface area (Å²) in [5.74, 6) is 0.483. The van der Waals surface area contributed by atoms with Crippen LogP contribution in [-0.2, 0) is 14.3 Å². The minimum Gasteiger partial charge on any atom is -0.479 e. The lowest BCUT2D eigenvalue weighted by atomic mass is 10.2. The predicted molar refractivity (Wildman–Crippen MR) is 55.7 cm³/mol. The third kappa shape index (κ3) is 2.95. The first kappa shape index (κ1) is 9.98. The topological polar surface area (TPSA) is 43.4 Å². The van der Waals surface area contributed by atoms with Gasteiger partial charge in [0.15, 0.2) is 0 Å². The van der Waals surface area contributed by atoms with Gasteiger partial charge in [0.1, 0.15) is 12.7 Å². The van der Waals surface area contributed by atoms with Crippen LogP contribution in [0.5, 0.6) is 0 Å². The van der Waals surface area contributed by atoms with Crippen molar-refractivity contribution in [3.05, 3.63) is 35.9 Å². The first-order valence-corrected chi connectivity index (χ1v) is 4.81. The zero-order valence-corrected chi connectivity index (χ0v) is 8.55. The van der Waals surface area contributed by atoms with Crippen molar-refractivity contribution < 1.29 is 14.3 Å². The molecule has 4 nitrogen and oxygen atoms in total. The van der Waals surface area contributed by atoms with Crippen LogP contribution in [0.3, 0.4) is 0 Å². The summed E-state index contributed by atoms with van der Waals surface area (Å²) in [6, 6.07) is 9.62. The first-order chi connectivity index (χ1) is 7.40. The second-order valence-corrected chi connectivity index (χ2v) is 3.22. The Morgan fingerprint density at radius 1 is 1.47 bits per heavy atom. The smallest absolute Gasteiger partial charge is 0.257 e. The van der Waals surface area contributed by atoms with Crippen LogP contribution in [0.2, 0.25) is 0 Å². The minimum absolute atomic E-state index is 0.211. The van der Waals surface area contributed by atoms with Gasteiger partial charge in [-0.05, 0) is 17.3 Å². The van der Waals surface area contributed by atoms with Crippen LogP contribution < -0.4 is 0 Å². The molecule has 1 atom stereocenters. The molecular weight excluding hydrogens is 194 g/mol. The van der Waals surface area contributed by atoms with Gasteiger partial charge in [0.05, 0.1) is 13.7 Å². The summed E-state index contributed by atoms with van der Waals surface area (Å²) >= 11 is 0. The van der Waals surface area contributed by atoms with Crippen LogP contribution in [0.4, 0.5) is 0 Å². The van der Waals surface area contributed by atoms with E-state index in [1.54, 1.807) is 7.11 Å². The second kappa shape index (κ2) is 4.79. The molecular formula is C11H13NO3. The molecule has 0 aliphatic carbocycles. The minimum atomic E-state index is 0.211. The Bertz CT molecular complexity index is 333. The molecule has 1 aliphatic rings. The molecule has 0 N–H and O–H groups in total. The third-order valence-corrected chi connectivity index (χ3v) is 2.02. The molecule has 0 radical (unpaired) electrons. The fourth-order valence-corrected chi connectivity index (χ4v) is 1.13. The molecule has 0 saturated carbocycles. The maximum absolute atomic E-state index is 5.12. The van der Waals surface area contributed by atoms with Crippen LogP contribution in [-0.4, -0.2) is 32.3 Å². The lowest BCUT2D eigenvalue weighted by Crippen LogP contribution is -2.06. The van der Waals surface area contributed by atoms with Gasteiger partial charge in [0.2, 0.25) is 0 Å². The van der Waals surface area contributed by atoms with Gasteiger partial charge < -0.3 is 14.3 Å². The van der Waals surface area contributed by atoms with E-state index in [-0.39, 0.29) is 6.10 Å². The van der Waals surface area contributed by atoms with Gasteiger partial charge >= 0.3 is 0 Å². The van der Waals surface area contributed by atoms with Crippen LogP contribution in [0.1, 0.15) is 5.56 Å². The molecule has 0 aromatic heterocycles. The molecule has 1 aliphatic heterocycles. The highest BCUT2D eigenvalue weighted by molar-refractivity contribution is 5.93. The molecule has 1 fully saturated rings. The van der Waals surface area contributed by atoms with E-state index >= 15 is 0 Å². The lowest BCUT2D eigenvalue weighted by Gasteiger charge is -2.04. The quantitative estimate of drug-likeness (QED) is 0.324. The lowest BCUT2D eigenvalue weighted by molar-refractivity contribution is 0.118. The van der Waals surface area contributed by atoms with Crippen molar-refractivity contribution in [2.24, 2.45) is 5.16 Å². The number of hydrogen-bond acceptors (Lipinski definition) is 4. The molecule has 15 heavy (non-hydrogen) atoms. The van der Waals surface area contributed by atoms with Gasteiger partial charge in [0, 0.05) is 5.56 Å². The molecule has 4 heteroatoms. The fourth-order valence-electron chi connectivity index (χ4n) is 1.13. The van der Waals surface area contributed by atoms with E-state index in [2.05, 4.69) is 5.16 Å². The monoisotopic (exact) mass is 207 g/mol. The van der Waals surface area contributed by atoms with Crippen molar-refractivity contribution in [3.8, 4) is 0 Å². The van der Waals surface area contributed by atoms with Crippen molar-refractivity contribution in [1.82, 2.24) is 0 Å². The molecule has 1 unspecified atom stereocenters. The summed E-state index contributed by atoms with van der Waals surface area (Å²) in [5, 5.41) is 3.91. The van der Waals surface area contributed by atoms with Gasteiger partial charge in [-0.2, -0.15) is 0 Å². The number of benzene rings is 1. The maximum Gasteiger partial charge on any atom is 0.257 e. The largest absolute Gasteiger partial charge is 0.479 e. The highest BCUT2D eigenvalue weighted by atomic mass is 16.7. The Balaban J connectivity index is 1.95. The summed E-state index contributed by atoms with van der Waals surface area (Å²) in [6.45, 7) is 1.25. The van der Waals surface area contributed by atoms with Crippen LogP contribution in [0.15, 0.2) is 35.5 Å². The number of oxime groups is 1. The van der Waals surface area contributed by atoms with E-state index < -0.39 is 0 Å². The fraction of sp³-hybridized carbons (Fsp3) is 0.364. The molecule has 1 aromatic rings. The highest BCUT2D eigenvalue weighted by Gasteiger charge is 2.23. The van der Waals surface area contributed by atoms with Crippen molar-refractivity contribution in [3.63, 3.8) is 0 Å². The van der Waals surface area contributed by atoms with Gasteiger partial charge in [-0.3, -0.25) is 0 Å². The van der Waals surface area contributed by atoms with E-state index in [9.17, 15) is 0 Å². The average molecular weight is 207 g/mol. The number of rotatable bonds is 4. The number of epoxide rings is 1. The van der Waals surface area contributed by atoms with Crippen LogP contribution >= 0.6 is 0 Å². The van der Waals surface area contributed by atoms with Gasteiger partial charge in [0.25, 0.3) is 5.90 Å². The Kier molecular flexibility index (Phi) is 3.19. The summed E-state index contributed by atoms with van der Waals surface area (Å²) in [6.07, 6.45) is 0.211. The van der Waals surface area contributed by atoms with E-state index in [4.69, 9.17) is 14.3 Å². The van der Waals surface area contributed by atoms with Crippen molar-refractivity contribution in [2.45, 2.75) is 6.10 Å². The summed E-state index contributed by atoms with van der Waals surface area (Å²) in [5.41, 5.74) is 0.900. The van der Waals surface area contributed by atoms with E-state index in [1.807, 2.05) is 30.3 Å². The van der Waals surface area contributed by atoms with Crippen molar-refractivity contribution >= 4 is 5.90 Å². The zero-order chi connectivity index (χ0) is 10.5. The first-order valence-electron chi connectivity index (χ1n) is 4.81. The number of ether oxygens (including phenoxy) is 2. The van der Waals surface area contributed by atoms with Crippen molar-refractivity contribution in [2.75, 3.05) is 20.3 Å². The molecule has 0 bridgehead atoms. The number of nitrogens with zero attached hydrogens (tertiary/aromatic N) is 1. The Labute approximate surface area is 88.4 Å². The zero-order valence-electron chi connectivity index (χ0n) is 8.55. The standard InChI is InChI=1S/C11H13NO3/c1-13-11(9-5-3-2-4-6-9)12-15-8-10-7-14-10/h2-6,10H,7-8H2,1H3. The van der Waals surface area contributed by atoms with E-state index in [0.29, 0.717) is 12.5 Å². The molecule has 2 rings (SSSR count). The van der Waals surface area contributed by atoms with Crippen LogP contribution in [0.25, 0.3) is 0 Å². The second-order valence-electron chi connectivity index (χ2n) is 3.22. The van der Waals surface area contributed by atoms with Crippen molar-refractivity contribution in [1.29, 1.82) is 0 Å². The van der Waals surface area contributed by atoms with Crippen LogP contribution in [0, 0.1) is 0 Å². The normalized spacial score (nSPS) is 19.8. The van der Waals surface area contributed by atoms with Gasteiger partial charge in [-0.1, -0.05) is 18.2 Å². The summed E-state index contributed by atoms with van der Waals surface area (Å²) in [4.78, 5) is 5.10. The molecule has 1 heterocycles. The summed E-state index contributed by atoms with van der Waals surface area (Å²) in [7, 11) is 1.57. The Hall–Kier alpha value is -1.55. The maximum atomic E-state index is 5.12. The highest BCUT2D eigenvalue weighted by Crippen LogP contribution is 2.09. The van der Waals surface area contributed by atoms with Gasteiger partial charge in [-0.15, -0.1) is 0 Å². The SMILES string of the molecule is COC(=NOCC1CO1)c1ccccc1. The molecule has 1 aromatic carbocycles. The molecule has 80 valence electrons. The third-order valence-electron chi connectivity index (χ3n) is 2.02. The number of methoxy groups -OCH3 is 1. The molecule has 1 saturated heterocycles. The predicted octanol–water partition coefficient (Wildman–Crippen LogP) is 1.41. The Morgan fingerprint density at radius 3 is 2.80 bits per heavy atom. The van der Waals surface area contributed by atoms with E-state index in [1.165, 1.54) is 0 Å². The average Bonchev–Trinajstić information content (AvgIpc) is 3.10. The molecule has 0 amide bonds. The summed E-state index contributed by atoms with van der Waals surface area (Å²) < 4.78 is 10.1. The molecule has 0 spiro atoms.